The van der Waals surface area contributed by atoms with Crippen LogP contribution in [-0.4, -0.2) is 23.0 Å². The van der Waals surface area contributed by atoms with E-state index in [4.69, 9.17) is 5.11 Å². The number of fused-ring (bicyclic) bond motifs is 1. The van der Waals surface area contributed by atoms with E-state index in [1.807, 2.05) is 42.2 Å². The first-order chi connectivity index (χ1) is 13.5. The Balaban J connectivity index is 1.73. The number of carbonyl (C=O) groups excluding carboxylic acids is 1. The standard InChI is InChI=1S/C23H28N2O3/c1-3-22(26)25-16(2)15-20(19-8-4-5-9-21(19)25)24-18-13-11-17(12-14-18)7-6-10-23(27)28/h4-5,8-9,11-14,16,20,24H,3,6-7,10,15H2,1-2H3,(H,27,28)/t16-,20+/m0/s1. The van der Waals surface area contributed by atoms with Crippen LogP contribution in [0.5, 0.6) is 0 Å². The SMILES string of the molecule is CCC(=O)N1c2ccccc2[C@H](Nc2ccc(CCCC(=O)O)cc2)C[C@@H]1C. The van der Waals surface area contributed by atoms with Gasteiger partial charge in [-0.3, -0.25) is 9.59 Å². The lowest BCUT2D eigenvalue weighted by Gasteiger charge is -2.40. The van der Waals surface area contributed by atoms with Crippen molar-refractivity contribution in [3.8, 4) is 0 Å². The van der Waals surface area contributed by atoms with Crippen molar-refractivity contribution in [3.63, 3.8) is 0 Å². The quantitative estimate of drug-likeness (QED) is 0.725. The number of rotatable bonds is 7. The lowest BCUT2D eigenvalue weighted by atomic mass is 9.91. The van der Waals surface area contributed by atoms with Gasteiger partial charge in [0.15, 0.2) is 0 Å². The molecular formula is C23H28N2O3. The van der Waals surface area contributed by atoms with Gasteiger partial charge in [0.1, 0.15) is 0 Å². The zero-order valence-electron chi connectivity index (χ0n) is 16.5. The average Bonchev–Trinajstić information content (AvgIpc) is 2.68. The fourth-order valence-corrected chi connectivity index (χ4v) is 3.91. The van der Waals surface area contributed by atoms with Crippen molar-refractivity contribution in [2.45, 2.75) is 58.0 Å². The second kappa shape index (κ2) is 8.91. The van der Waals surface area contributed by atoms with Crippen molar-refractivity contribution in [1.82, 2.24) is 0 Å². The number of nitrogens with one attached hydrogen (secondary N) is 1. The third kappa shape index (κ3) is 4.53. The molecule has 0 fully saturated rings. The summed E-state index contributed by atoms with van der Waals surface area (Å²) in [6, 6.07) is 16.6. The van der Waals surface area contributed by atoms with Gasteiger partial charge in [-0.15, -0.1) is 0 Å². The van der Waals surface area contributed by atoms with E-state index in [1.54, 1.807) is 0 Å². The van der Waals surface area contributed by atoms with Crippen molar-refractivity contribution < 1.29 is 14.7 Å². The first-order valence-corrected chi connectivity index (χ1v) is 9.97. The van der Waals surface area contributed by atoms with Crippen molar-refractivity contribution in [1.29, 1.82) is 0 Å². The Morgan fingerprint density at radius 3 is 2.54 bits per heavy atom. The lowest BCUT2D eigenvalue weighted by Crippen LogP contribution is -2.44. The van der Waals surface area contributed by atoms with E-state index in [0.717, 1.165) is 35.3 Å². The number of aliphatic carboxylic acids is 1. The molecule has 2 aromatic rings. The van der Waals surface area contributed by atoms with Crippen LogP contribution in [0.15, 0.2) is 48.5 Å². The minimum atomic E-state index is -0.751. The molecule has 0 aromatic heterocycles. The van der Waals surface area contributed by atoms with E-state index in [-0.39, 0.29) is 24.4 Å². The van der Waals surface area contributed by atoms with Crippen molar-refractivity contribution in [2.24, 2.45) is 0 Å². The van der Waals surface area contributed by atoms with Crippen LogP contribution in [0.2, 0.25) is 0 Å². The largest absolute Gasteiger partial charge is 0.481 e. The van der Waals surface area contributed by atoms with E-state index in [9.17, 15) is 9.59 Å². The summed E-state index contributed by atoms with van der Waals surface area (Å²) in [7, 11) is 0. The highest BCUT2D eigenvalue weighted by molar-refractivity contribution is 5.95. The minimum Gasteiger partial charge on any atom is -0.481 e. The summed E-state index contributed by atoms with van der Waals surface area (Å²) >= 11 is 0. The van der Waals surface area contributed by atoms with Crippen molar-refractivity contribution >= 4 is 23.3 Å². The first kappa shape index (κ1) is 19.9. The molecule has 0 saturated heterocycles. The molecule has 1 aliphatic heterocycles. The molecule has 2 aromatic carbocycles. The van der Waals surface area contributed by atoms with E-state index in [0.29, 0.717) is 12.8 Å². The topological polar surface area (TPSA) is 69.6 Å². The summed E-state index contributed by atoms with van der Waals surface area (Å²) in [5.74, 6) is -0.594. The number of hydrogen-bond acceptors (Lipinski definition) is 3. The van der Waals surface area contributed by atoms with Gasteiger partial charge in [-0.2, -0.15) is 0 Å². The number of carbonyl (C=O) groups is 2. The van der Waals surface area contributed by atoms with E-state index < -0.39 is 5.97 Å². The van der Waals surface area contributed by atoms with Crippen LogP contribution in [0.4, 0.5) is 11.4 Å². The van der Waals surface area contributed by atoms with Crippen LogP contribution in [0.1, 0.15) is 56.7 Å². The third-order valence-corrected chi connectivity index (χ3v) is 5.31. The zero-order valence-corrected chi connectivity index (χ0v) is 16.5. The molecule has 1 amide bonds. The number of benzene rings is 2. The molecule has 148 valence electrons. The van der Waals surface area contributed by atoms with E-state index in [1.165, 1.54) is 0 Å². The van der Waals surface area contributed by atoms with Gasteiger partial charge < -0.3 is 15.3 Å². The molecule has 1 heterocycles. The van der Waals surface area contributed by atoms with Crippen LogP contribution in [0, 0.1) is 0 Å². The number of carboxylic acid groups (broad SMARTS) is 1. The second-order valence-electron chi connectivity index (χ2n) is 7.40. The second-order valence-corrected chi connectivity index (χ2v) is 7.40. The Kier molecular flexibility index (Phi) is 6.34. The van der Waals surface area contributed by atoms with Crippen molar-refractivity contribution in [2.75, 3.05) is 10.2 Å². The maximum atomic E-state index is 12.4. The van der Waals surface area contributed by atoms with Gasteiger partial charge in [0.25, 0.3) is 0 Å². The fraction of sp³-hybridized carbons (Fsp3) is 0.391. The number of anilines is 2. The van der Waals surface area contributed by atoms with Gasteiger partial charge in [-0.05, 0) is 55.5 Å². The number of aryl methyl sites for hydroxylation is 1. The molecule has 3 rings (SSSR count). The monoisotopic (exact) mass is 380 g/mol. The zero-order chi connectivity index (χ0) is 20.1. The lowest BCUT2D eigenvalue weighted by molar-refractivity contribution is -0.137. The number of nitrogens with zero attached hydrogens (tertiary/aromatic N) is 1. The van der Waals surface area contributed by atoms with E-state index in [2.05, 4.69) is 30.4 Å². The number of para-hydroxylation sites is 1. The van der Waals surface area contributed by atoms with Crippen LogP contribution in [0.3, 0.4) is 0 Å². The minimum absolute atomic E-state index is 0.134. The maximum Gasteiger partial charge on any atom is 0.303 e. The summed E-state index contributed by atoms with van der Waals surface area (Å²) in [6.45, 7) is 4.00. The molecule has 0 spiro atoms. The predicted octanol–water partition coefficient (Wildman–Crippen LogP) is 4.78. The summed E-state index contributed by atoms with van der Waals surface area (Å²) < 4.78 is 0. The molecule has 2 atom stereocenters. The molecule has 0 aliphatic carbocycles. The Bertz CT molecular complexity index is 832. The molecule has 0 bridgehead atoms. The van der Waals surface area contributed by atoms with Gasteiger partial charge in [0.2, 0.25) is 5.91 Å². The Morgan fingerprint density at radius 2 is 1.86 bits per heavy atom. The van der Waals surface area contributed by atoms with Crippen LogP contribution in [0.25, 0.3) is 0 Å². The maximum absolute atomic E-state index is 12.4. The predicted molar refractivity (Wildman–Crippen MR) is 112 cm³/mol. The molecule has 5 heteroatoms. The highest BCUT2D eigenvalue weighted by Crippen LogP contribution is 2.39. The van der Waals surface area contributed by atoms with Gasteiger partial charge in [-0.1, -0.05) is 37.3 Å². The van der Waals surface area contributed by atoms with Gasteiger partial charge in [-0.25, -0.2) is 0 Å². The van der Waals surface area contributed by atoms with Gasteiger partial charge in [0, 0.05) is 30.3 Å². The van der Waals surface area contributed by atoms with Crippen molar-refractivity contribution in [3.05, 3.63) is 59.7 Å². The molecule has 0 radical (unpaired) electrons. The molecule has 28 heavy (non-hydrogen) atoms. The number of hydrogen-bond donors (Lipinski definition) is 2. The van der Waals surface area contributed by atoms with Gasteiger partial charge in [0.05, 0.1) is 6.04 Å². The Morgan fingerprint density at radius 1 is 1.14 bits per heavy atom. The molecule has 1 aliphatic rings. The smallest absolute Gasteiger partial charge is 0.303 e. The Labute approximate surface area is 166 Å². The first-order valence-electron chi connectivity index (χ1n) is 9.97. The van der Waals surface area contributed by atoms with Crippen LogP contribution >= 0.6 is 0 Å². The number of amides is 1. The summed E-state index contributed by atoms with van der Waals surface area (Å²) in [5, 5.41) is 12.4. The third-order valence-electron chi connectivity index (χ3n) is 5.31. The molecular weight excluding hydrogens is 352 g/mol. The summed E-state index contributed by atoms with van der Waals surface area (Å²) in [6.07, 6.45) is 2.97. The summed E-state index contributed by atoms with van der Waals surface area (Å²) in [5.41, 5.74) is 4.32. The molecule has 0 unspecified atom stereocenters. The highest BCUT2D eigenvalue weighted by Gasteiger charge is 2.32. The fourth-order valence-electron chi connectivity index (χ4n) is 3.91. The number of carboxylic acids is 1. The van der Waals surface area contributed by atoms with Crippen LogP contribution in [-0.2, 0) is 16.0 Å². The normalized spacial score (nSPS) is 18.4. The van der Waals surface area contributed by atoms with E-state index >= 15 is 0 Å². The molecule has 2 N–H and O–H groups in total. The average molecular weight is 380 g/mol. The Hall–Kier alpha value is -2.82. The van der Waals surface area contributed by atoms with Crippen LogP contribution < -0.4 is 10.2 Å². The molecule has 0 saturated carbocycles. The van der Waals surface area contributed by atoms with Gasteiger partial charge >= 0.3 is 5.97 Å². The molecule has 5 nitrogen and oxygen atoms in total. The highest BCUT2D eigenvalue weighted by atomic mass is 16.4. The summed E-state index contributed by atoms with van der Waals surface area (Å²) in [4.78, 5) is 25.0.